The van der Waals surface area contributed by atoms with Gasteiger partial charge in [0.05, 0.1) is 18.2 Å². The molecule has 6 nitrogen and oxygen atoms in total. The SMILES string of the molecule is O=C(Cc1coc(-c2ccccc2)n1)NCC1CNCC1O. The lowest BCUT2D eigenvalue weighted by atomic mass is 10.1. The fourth-order valence-corrected chi connectivity index (χ4v) is 2.50. The number of carbonyl (C=O) groups excluding carboxylic acids is 1. The molecule has 1 amide bonds. The Bertz CT molecular complexity index is 627. The van der Waals surface area contributed by atoms with Crippen molar-refractivity contribution in [1.29, 1.82) is 0 Å². The van der Waals surface area contributed by atoms with Gasteiger partial charge in [0.25, 0.3) is 0 Å². The van der Waals surface area contributed by atoms with Crippen LogP contribution >= 0.6 is 0 Å². The van der Waals surface area contributed by atoms with E-state index in [0.29, 0.717) is 24.7 Å². The molecule has 2 heterocycles. The van der Waals surface area contributed by atoms with E-state index in [9.17, 15) is 9.90 Å². The molecular formula is C16H19N3O3. The summed E-state index contributed by atoms with van der Waals surface area (Å²) in [6.45, 7) is 1.78. The van der Waals surface area contributed by atoms with Crippen LogP contribution in [0.1, 0.15) is 5.69 Å². The molecule has 1 aliphatic heterocycles. The second kappa shape index (κ2) is 6.72. The van der Waals surface area contributed by atoms with Crippen LogP contribution < -0.4 is 10.6 Å². The zero-order valence-corrected chi connectivity index (χ0v) is 12.2. The smallest absolute Gasteiger partial charge is 0.226 e. The average Bonchev–Trinajstić information content (AvgIpc) is 3.15. The molecule has 1 aliphatic rings. The van der Waals surface area contributed by atoms with E-state index in [0.717, 1.165) is 12.1 Å². The van der Waals surface area contributed by atoms with Gasteiger partial charge in [-0.15, -0.1) is 0 Å². The van der Waals surface area contributed by atoms with Crippen LogP contribution in [0.2, 0.25) is 0 Å². The Morgan fingerprint density at radius 3 is 2.91 bits per heavy atom. The molecule has 0 spiro atoms. The van der Waals surface area contributed by atoms with Crippen LogP contribution in [-0.4, -0.2) is 41.7 Å². The highest BCUT2D eigenvalue weighted by molar-refractivity contribution is 5.78. The van der Waals surface area contributed by atoms with Gasteiger partial charge in [0.15, 0.2) is 0 Å². The number of rotatable bonds is 5. The molecule has 1 fully saturated rings. The van der Waals surface area contributed by atoms with Crippen LogP contribution in [0, 0.1) is 5.92 Å². The molecule has 1 aromatic heterocycles. The largest absolute Gasteiger partial charge is 0.444 e. The van der Waals surface area contributed by atoms with E-state index in [2.05, 4.69) is 15.6 Å². The predicted octanol–water partition coefficient (Wildman–Crippen LogP) is 0.581. The second-order valence-electron chi connectivity index (χ2n) is 5.48. The van der Waals surface area contributed by atoms with Crippen LogP contribution in [0.3, 0.4) is 0 Å². The van der Waals surface area contributed by atoms with E-state index in [1.54, 1.807) is 0 Å². The van der Waals surface area contributed by atoms with Gasteiger partial charge in [-0.05, 0) is 12.1 Å². The standard InChI is InChI=1S/C16H19N3O3/c20-14-9-17-7-12(14)8-18-15(21)6-13-10-22-16(19-13)11-4-2-1-3-5-11/h1-5,10,12,14,17,20H,6-9H2,(H,18,21). The highest BCUT2D eigenvalue weighted by atomic mass is 16.3. The first-order valence-corrected chi connectivity index (χ1v) is 7.37. The van der Waals surface area contributed by atoms with Gasteiger partial charge in [-0.1, -0.05) is 18.2 Å². The molecule has 6 heteroatoms. The third-order valence-electron chi connectivity index (χ3n) is 3.78. The molecule has 3 N–H and O–H groups in total. The topological polar surface area (TPSA) is 87.4 Å². The lowest BCUT2D eigenvalue weighted by Crippen LogP contribution is -2.35. The Hall–Kier alpha value is -2.18. The molecular weight excluding hydrogens is 282 g/mol. The molecule has 3 rings (SSSR count). The number of hydrogen-bond acceptors (Lipinski definition) is 5. The van der Waals surface area contributed by atoms with Crippen molar-refractivity contribution in [3.63, 3.8) is 0 Å². The summed E-state index contributed by atoms with van der Waals surface area (Å²) in [4.78, 5) is 16.3. The van der Waals surface area contributed by atoms with Crippen LogP contribution in [-0.2, 0) is 11.2 Å². The summed E-state index contributed by atoms with van der Waals surface area (Å²) in [7, 11) is 0. The van der Waals surface area contributed by atoms with Gasteiger partial charge >= 0.3 is 0 Å². The third-order valence-corrected chi connectivity index (χ3v) is 3.78. The van der Waals surface area contributed by atoms with Gasteiger partial charge in [-0.2, -0.15) is 0 Å². The summed E-state index contributed by atoms with van der Waals surface area (Å²) in [5, 5.41) is 15.6. The van der Waals surface area contributed by atoms with Gasteiger partial charge in [0, 0.05) is 31.1 Å². The summed E-state index contributed by atoms with van der Waals surface area (Å²) < 4.78 is 5.41. The highest BCUT2D eigenvalue weighted by Gasteiger charge is 2.25. The Balaban J connectivity index is 1.53. The predicted molar refractivity (Wildman–Crippen MR) is 81.0 cm³/mol. The van der Waals surface area contributed by atoms with Crippen molar-refractivity contribution in [2.45, 2.75) is 12.5 Å². The van der Waals surface area contributed by atoms with Crippen molar-refractivity contribution in [2.24, 2.45) is 5.92 Å². The number of aliphatic hydroxyl groups excluding tert-OH is 1. The van der Waals surface area contributed by atoms with Crippen molar-refractivity contribution < 1.29 is 14.3 Å². The molecule has 116 valence electrons. The van der Waals surface area contributed by atoms with E-state index < -0.39 is 6.10 Å². The average molecular weight is 301 g/mol. The molecule has 0 aliphatic carbocycles. The maximum Gasteiger partial charge on any atom is 0.226 e. The zero-order valence-electron chi connectivity index (χ0n) is 12.2. The van der Waals surface area contributed by atoms with Crippen LogP contribution in [0.4, 0.5) is 0 Å². The fraction of sp³-hybridized carbons (Fsp3) is 0.375. The first-order chi connectivity index (χ1) is 10.7. The normalized spacial score (nSPS) is 21.0. The Labute approximate surface area is 128 Å². The van der Waals surface area contributed by atoms with E-state index in [1.165, 1.54) is 6.26 Å². The second-order valence-corrected chi connectivity index (χ2v) is 5.48. The number of carbonyl (C=O) groups is 1. The van der Waals surface area contributed by atoms with E-state index in [1.807, 2.05) is 30.3 Å². The number of aromatic nitrogens is 1. The first-order valence-electron chi connectivity index (χ1n) is 7.37. The maximum atomic E-state index is 11.9. The summed E-state index contributed by atoms with van der Waals surface area (Å²) in [6.07, 6.45) is 1.29. The van der Waals surface area contributed by atoms with Crippen molar-refractivity contribution >= 4 is 5.91 Å². The summed E-state index contributed by atoms with van der Waals surface area (Å²) in [5.74, 6) is 0.465. The molecule has 0 bridgehead atoms. The minimum absolute atomic E-state index is 0.0705. The number of benzene rings is 1. The Kier molecular flexibility index (Phi) is 4.50. The number of nitrogens with one attached hydrogen (secondary N) is 2. The van der Waals surface area contributed by atoms with Gasteiger partial charge in [-0.25, -0.2) is 4.98 Å². The zero-order chi connectivity index (χ0) is 15.4. The van der Waals surface area contributed by atoms with E-state index in [4.69, 9.17) is 4.42 Å². The minimum Gasteiger partial charge on any atom is -0.444 e. The van der Waals surface area contributed by atoms with Crippen LogP contribution in [0.5, 0.6) is 0 Å². The Morgan fingerprint density at radius 1 is 1.36 bits per heavy atom. The summed E-state index contributed by atoms with van der Waals surface area (Å²) >= 11 is 0. The van der Waals surface area contributed by atoms with E-state index >= 15 is 0 Å². The monoisotopic (exact) mass is 301 g/mol. The minimum atomic E-state index is -0.392. The van der Waals surface area contributed by atoms with Gasteiger partial charge in [0.1, 0.15) is 6.26 Å². The van der Waals surface area contributed by atoms with Gasteiger partial charge in [0.2, 0.25) is 11.8 Å². The molecule has 1 saturated heterocycles. The number of aliphatic hydroxyl groups is 1. The summed E-state index contributed by atoms with van der Waals surface area (Å²) in [6, 6.07) is 9.56. The Morgan fingerprint density at radius 2 is 2.18 bits per heavy atom. The van der Waals surface area contributed by atoms with E-state index in [-0.39, 0.29) is 18.2 Å². The molecule has 0 radical (unpaired) electrons. The summed E-state index contributed by atoms with van der Waals surface area (Å²) in [5.41, 5.74) is 1.48. The van der Waals surface area contributed by atoms with Crippen molar-refractivity contribution in [2.75, 3.05) is 19.6 Å². The fourth-order valence-electron chi connectivity index (χ4n) is 2.50. The van der Waals surface area contributed by atoms with Crippen LogP contribution in [0.15, 0.2) is 41.0 Å². The molecule has 22 heavy (non-hydrogen) atoms. The first kappa shape index (κ1) is 14.7. The number of β-amino-alcohol motifs (C(OH)–C–C–N with tert-alkyl or cyclic N) is 1. The van der Waals surface area contributed by atoms with Gasteiger partial charge < -0.3 is 20.2 Å². The molecule has 0 saturated carbocycles. The molecule has 2 unspecified atom stereocenters. The quantitative estimate of drug-likeness (QED) is 0.752. The molecule has 2 atom stereocenters. The van der Waals surface area contributed by atoms with Crippen molar-refractivity contribution in [3.8, 4) is 11.5 Å². The maximum absolute atomic E-state index is 11.9. The van der Waals surface area contributed by atoms with Crippen LogP contribution in [0.25, 0.3) is 11.5 Å². The number of oxazole rings is 1. The molecule has 1 aromatic carbocycles. The van der Waals surface area contributed by atoms with Crippen molar-refractivity contribution in [1.82, 2.24) is 15.6 Å². The third kappa shape index (κ3) is 3.52. The van der Waals surface area contributed by atoms with Crippen molar-refractivity contribution in [3.05, 3.63) is 42.3 Å². The lowest BCUT2D eigenvalue weighted by Gasteiger charge is -2.13. The highest BCUT2D eigenvalue weighted by Crippen LogP contribution is 2.18. The van der Waals surface area contributed by atoms with Gasteiger partial charge in [-0.3, -0.25) is 4.79 Å². The number of amides is 1. The lowest BCUT2D eigenvalue weighted by molar-refractivity contribution is -0.120. The number of nitrogens with zero attached hydrogens (tertiary/aromatic N) is 1. The number of hydrogen-bond donors (Lipinski definition) is 3. The molecule has 2 aromatic rings.